The van der Waals surface area contributed by atoms with Crippen molar-refractivity contribution in [2.75, 3.05) is 13.1 Å². The van der Waals surface area contributed by atoms with E-state index in [9.17, 15) is 0 Å². The Morgan fingerprint density at radius 3 is 2.53 bits per heavy atom. The van der Waals surface area contributed by atoms with E-state index < -0.39 is 0 Å². The van der Waals surface area contributed by atoms with Gasteiger partial charge < -0.3 is 5.32 Å². The van der Waals surface area contributed by atoms with Gasteiger partial charge in [0.15, 0.2) is 0 Å². The van der Waals surface area contributed by atoms with Crippen LogP contribution in [0.1, 0.15) is 37.2 Å². The van der Waals surface area contributed by atoms with Gasteiger partial charge in [0.25, 0.3) is 0 Å². The molecule has 1 spiro atoms. The standard InChI is InChI=1S/C14H19N/c1-2-5-12(6-3-1)13-11-15-10-9-14(13)7-4-8-14/h1-3,5-6,13,15H,4,7-11H2. The third-order valence-electron chi connectivity index (χ3n) is 4.44. The minimum absolute atomic E-state index is 0.659. The van der Waals surface area contributed by atoms with Crippen LogP contribution in [0.3, 0.4) is 0 Å². The second-order valence-electron chi connectivity index (χ2n) is 5.13. The van der Waals surface area contributed by atoms with Gasteiger partial charge in [0.05, 0.1) is 0 Å². The summed E-state index contributed by atoms with van der Waals surface area (Å²) in [6, 6.07) is 11.1. The third kappa shape index (κ3) is 1.50. The molecule has 1 heteroatoms. The van der Waals surface area contributed by atoms with Crippen molar-refractivity contribution in [1.82, 2.24) is 5.32 Å². The number of rotatable bonds is 1. The zero-order valence-electron chi connectivity index (χ0n) is 9.21. The van der Waals surface area contributed by atoms with Crippen LogP contribution in [0, 0.1) is 5.41 Å². The maximum absolute atomic E-state index is 3.56. The van der Waals surface area contributed by atoms with E-state index in [1.165, 1.54) is 38.8 Å². The summed E-state index contributed by atoms with van der Waals surface area (Å²) in [6.07, 6.45) is 5.73. The van der Waals surface area contributed by atoms with E-state index in [1.807, 2.05) is 0 Å². The van der Waals surface area contributed by atoms with Gasteiger partial charge in [-0.3, -0.25) is 0 Å². The molecule has 0 aromatic heterocycles. The fourth-order valence-corrected chi connectivity index (χ4v) is 3.36. The Labute approximate surface area is 91.9 Å². The van der Waals surface area contributed by atoms with E-state index in [4.69, 9.17) is 0 Å². The molecule has 1 heterocycles. The van der Waals surface area contributed by atoms with Gasteiger partial charge in [0.1, 0.15) is 0 Å². The molecule has 1 saturated heterocycles. The summed E-state index contributed by atoms with van der Waals surface area (Å²) >= 11 is 0. The number of nitrogens with one attached hydrogen (secondary N) is 1. The SMILES string of the molecule is c1ccc(C2CNCCC23CCC3)cc1. The minimum atomic E-state index is 0.659. The van der Waals surface area contributed by atoms with E-state index in [0.29, 0.717) is 5.41 Å². The molecule has 2 fully saturated rings. The second-order valence-corrected chi connectivity index (χ2v) is 5.13. The van der Waals surface area contributed by atoms with Crippen LogP contribution in [0.25, 0.3) is 0 Å². The summed E-state index contributed by atoms with van der Waals surface area (Å²) in [4.78, 5) is 0. The molecular weight excluding hydrogens is 182 g/mol. The Morgan fingerprint density at radius 2 is 1.87 bits per heavy atom. The molecule has 80 valence electrons. The molecule has 1 aromatic carbocycles. The number of hydrogen-bond donors (Lipinski definition) is 1. The fourth-order valence-electron chi connectivity index (χ4n) is 3.36. The summed E-state index contributed by atoms with van der Waals surface area (Å²) in [6.45, 7) is 2.41. The highest BCUT2D eigenvalue weighted by Gasteiger charge is 2.45. The van der Waals surface area contributed by atoms with Crippen molar-refractivity contribution < 1.29 is 0 Å². The normalized spacial score (nSPS) is 28.7. The molecule has 1 atom stereocenters. The van der Waals surface area contributed by atoms with Crippen LogP contribution in [0.2, 0.25) is 0 Å². The van der Waals surface area contributed by atoms with Crippen LogP contribution in [0.5, 0.6) is 0 Å². The van der Waals surface area contributed by atoms with E-state index in [1.54, 1.807) is 5.56 Å². The Bertz CT molecular complexity index is 326. The highest BCUT2D eigenvalue weighted by atomic mass is 14.9. The van der Waals surface area contributed by atoms with E-state index in [-0.39, 0.29) is 0 Å². The zero-order chi connectivity index (χ0) is 10.1. The predicted octanol–water partition coefficient (Wildman–Crippen LogP) is 2.93. The van der Waals surface area contributed by atoms with Crippen molar-refractivity contribution in [3.05, 3.63) is 35.9 Å². The van der Waals surface area contributed by atoms with Crippen LogP contribution >= 0.6 is 0 Å². The molecule has 1 saturated carbocycles. The van der Waals surface area contributed by atoms with Crippen molar-refractivity contribution in [2.24, 2.45) is 5.41 Å². The molecule has 3 rings (SSSR count). The van der Waals surface area contributed by atoms with E-state index in [0.717, 1.165) is 5.92 Å². The molecule has 0 amide bonds. The lowest BCUT2D eigenvalue weighted by atomic mass is 9.56. The smallest absolute Gasteiger partial charge is 0.00255 e. The molecule has 1 N–H and O–H groups in total. The molecule has 15 heavy (non-hydrogen) atoms. The van der Waals surface area contributed by atoms with Crippen LogP contribution in [-0.2, 0) is 0 Å². The molecule has 1 aliphatic heterocycles. The van der Waals surface area contributed by atoms with Gasteiger partial charge in [-0.15, -0.1) is 0 Å². The molecule has 1 aromatic rings. The first-order valence-electron chi connectivity index (χ1n) is 6.16. The molecule has 0 bridgehead atoms. The topological polar surface area (TPSA) is 12.0 Å². The van der Waals surface area contributed by atoms with Crippen LogP contribution in [0.4, 0.5) is 0 Å². The average Bonchev–Trinajstić information content (AvgIpc) is 2.28. The lowest BCUT2D eigenvalue weighted by molar-refractivity contribution is 0.0581. The van der Waals surface area contributed by atoms with Crippen LogP contribution in [-0.4, -0.2) is 13.1 Å². The molecule has 0 radical (unpaired) electrons. The quantitative estimate of drug-likeness (QED) is 0.736. The monoisotopic (exact) mass is 201 g/mol. The zero-order valence-corrected chi connectivity index (χ0v) is 9.21. The first-order valence-corrected chi connectivity index (χ1v) is 6.16. The van der Waals surface area contributed by atoms with Gasteiger partial charge in [-0.2, -0.15) is 0 Å². The summed E-state index contributed by atoms with van der Waals surface area (Å²) in [7, 11) is 0. The van der Waals surface area contributed by atoms with Gasteiger partial charge in [-0.1, -0.05) is 36.8 Å². The molecule has 1 nitrogen and oxygen atoms in total. The summed E-state index contributed by atoms with van der Waals surface area (Å²) in [5, 5.41) is 3.56. The minimum Gasteiger partial charge on any atom is -0.316 e. The average molecular weight is 201 g/mol. The Kier molecular flexibility index (Phi) is 2.28. The molecule has 1 aliphatic carbocycles. The van der Waals surface area contributed by atoms with Crippen molar-refractivity contribution in [3.63, 3.8) is 0 Å². The summed E-state index contributed by atoms with van der Waals surface area (Å²) < 4.78 is 0. The first-order chi connectivity index (χ1) is 7.41. The molecular formula is C14H19N. The third-order valence-corrected chi connectivity index (χ3v) is 4.44. The largest absolute Gasteiger partial charge is 0.316 e. The van der Waals surface area contributed by atoms with E-state index >= 15 is 0 Å². The first kappa shape index (κ1) is 9.41. The maximum Gasteiger partial charge on any atom is 0.00255 e. The van der Waals surface area contributed by atoms with Crippen LogP contribution < -0.4 is 5.32 Å². The van der Waals surface area contributed by atoms with Gasteiger partial charge >= 0.3 is 0 Å². The fraction of sp³-hybridized carbons (Fsp3) is 0.571. The lowest BCUT2D eigenvalue weighted by Crippen LogP contribution is -2.47. The van der Waals surface area contributed by atoms with Gasteiger partial charge in [0, 0.05) is 12.5 Å². The van der Waals surface area contributed by atoms with Gasteiger partial charge in [-0.25, -0.2) is 0 Å². The summed E-state index contributed by atoms with van der Waals surface area (Å²) in [5.74, 6) is 0.765. The van der Waals surface area contributed by atoms with Crippen molar-refractivity contribution >= 4 is 0 Å². The predicted molar refractivity (Wildman–Crippen MR) is 63.0 cm³/mol. The number of benzene rings is 1. The van der Waals surface area contributed by atoms with Gasteiger partial charge in [0.2, 0.25) is 0 Å². The molecule has 1 unspecified atom stereocenters. The van der Waals surface area contributed by atoms with Crippen molar-refractivity contribution in [1.29, 1.82) is 0 Å². The number of piperidine rings is 1. The summed E-state index contributed by atoms with van der Waals surface area (Å²) in [5.41, 5.74) is 2.21. The Balaban J connectivity index is 1.89. The van der Waals surface area contributed by atoms with Crippen molar-refractivity contribution in [3.8, 4) is 0 Å². The molecule has 2 aliphatic rings. The number of hydrogen-bond acceptors (Lipinski definition) is 1. The van der Waals surface area contributed by atoms with Gasteiger partial charge in [-0.05, 0) is 36.8 Å². The van der Waals surface area contributed by atoms with Crippen LogP contribution in [0.15, 0.2) is 30.3 Å². The second kappa shape index (κ2) is 3.64. The van der Waals surface area contributed by atoms with E-state index in [2.05, 4.69) is 35.6 Å². The van der Waals surface area contributed by atoms with Crippen molar-refractivity contribution in [2.45, 2.75) is 31.6 Å². The highest BCUT2D eigenvalue weighted by molar-refractivity contribution is 5.24. The lowest BCUT2D eigenvalue weighted by Gasteiger charge is -2.51. The Hall–Kier alpha value is -0.820. The Morgan fingerprint density at radius 1 is 1.07 bits per heavy atom. The maximum atomic E-state index is 3.56. The highest BCUT2D eigenvalue weighted by Crippen LogP contribution is 2.54.